The van der Waals surface area contributed by atoms with Gasteiger partial charge in [-0.1, -0.05) is 0 Å². The first-order valence-corrected chi connectivity index (χ1v) is 10.3. The third kappa shape index (κ3) is 4.76. The lowest BCUT2D eigenvalue weighted by molar-refractivity contribution is -0.126. The Bertz CT molecular complexity index is 599. The number of rotatable bonds is 7. The first kappa shape index (κ1) is 18.3. The summed E-state index contributed by atoms with van der Waals surface area (Å²) in [7, 11) is 0. The molecule has 2 fully saturated rings. The summed E-state index contributed by atoms with van der Waals surface area (Å²) in [6.07, 6.45) is 5.91. The maximum absolute atomic E-state index is 12.4. The molecule has 6 heteroatoms. The van der Waals surface area contributed by atoms with Crippen molar-refractivity contribution in [2.24, 2.45) is 5.92 Å². The quantitative estimate of drug-likeness (QED) is 0.598. The van der Waals surface area contributed by atoms with E-state index in [1.807, 2.05) is 30.5 Å². The highest BCUT2D eigenvalue weighted by Crippen LogP contribution is 2.27. The number of nitrogens with zero attached hydrogens (tertiary/aromatic N) is 2. The van der Waals surface area contributed by atoms with Gasteiger partial charge < -0.3 is 15.1 Å². The summed E-state index contributed by atoms with van der Waals surface area (Å²) < 4.78 is 0. The van der Waals surface area contributed by atoms with Crippen molar-refractivity contribution in [1.29, 1.82) is 0 Å². The first-order chi connectivity index (χ1) is 12.2. The van der Waals surface area contributed by atoms with Gasteiger partial charge in [0.25, 0.3) is 0 Å². The van der Waals surface area contributed by atoms with Gasteiger partial charge in [-0.25, -0.2) is 0 Å². The predicted molar refractivity (Wildman–Crippen MR) is 102 cm³/mol. The van der Waals surface area contributed by atoms with E-state index in [1.54, 1.807) is 16.7 Å². The first-order valence-electron chi connectivity index (χ1n) is 9.12. The van der Waals surface area contributed by atoms with E-state index in [0.717, 1.165) is 18.7 Å². The van der Waals surface area contributed by atoms with E-state index in [1.165, 1.54) is 30.8 Å². The van der Waals surface area contributed by atoms with Crippen molar-refractivity contribution in [3.8, 4) is 0 Å². The molecule has 3 rings (SSSR count). The van der Waals surface area contributed by atoms with Crippen LogP contribution in [0, 0.1) is 5.92 Å². The Hall–Kier alpha value is -1.53. The lowest BCUT2D eigenvalue weighted by atomic mass is 10.1. The largest absolute Gasteiger partial charge is 0.356 e. The van der Waals surface area contributed by atoms with Gasteiger partial charge in [-0.15, -0.1) is 11.8 Å². The molecule has 2 amide bonds. The summed E-state index contributed by atoms with van der Waals surface area (Å²) in [5.41, 5.74) is 0.882. The van der Waals surface area contributed by atoms with Gasteiger partial charge in [-0.05, 0) is 69.4 Å². The smallest absolute Gasteiger partial charge is 0.227 e. The zero-order chi connectivity index (χ0) is 17.6. The van der Waals surface area contributed by atoms with Crippen LogP contribution in [0.3, 0.4) is 0 Å². The maximum Gasteiger partial charge on any atom is 0.227 e. The molecule has 2 heterocycles. The molecule has 136 valence electrons. The molecule has 1 aromatic carbocycles. The summed E-state index contributed by atoms with van der Waals surface area (Å²) in [5, 5.41) is 3.01. The summed E-state index contributed by atoms with van der Waals surface area (Å²) >= 11 is 1.68. The summed E-state index contributed by atoms with van der Waals surface area (Å²) in [4.78, 5) is 30.0. The van der Waals surface area contributed by atoms with Crippen molar-refractivity contribution in [2.45, 2.75) is 30.6 Å². The van der Waals surface area contributed by atoms with Crippen LogP contribution >= 0.6 is 11.8 Å². The van der Waals surface area contributed by atoms with Crippen LogP contribution in [0.15, 0.2) is 29.2 Å². The van der Waals surface area contributed by atoms with Gasteiger partial charge in [-0.3, -0.25) is 9.59 Å². The molecule has 0 bridgehead atoms. The van der Waals surface area contributed by atoms with Crippen molar-refractivity contribution >= 4 is 29.3 Å². The molecule has 1 atom stereocenters. The van der Waals surface area contributed by atoms with E-state index in [0.29, 0.717) is 19.5 Å². The van der Waals surface area contributed by atoms with E-state index >= 15 is 0 Å². The monoisotopic (exact) mass is 361 g/mol. The van der Waals surface area contributed by atoms with Crippen LogP contribution in [0.25, 0.3) is 0 Å². The van der Waals surface area contributed by atoms with Gasteiger partial charge in [0, 0.05) is 30.1 Å². The molecule has 25 heavy (non-hydrogen) atoms. The topological polar surface area (TPSA) is 52.7 Å². The minimum absolute atomic E-state index is 0.0120. The molecule has 0 saturated carbocycles. The van der Waals surface area contributed by atoms with Crippen molar-refractivity contribution in [3.05, 3.63) is 24.3 Å². The summed E-state index contributed by atoms with van der Waals surface area (Å²) in [6.45, 7) is 4.61. The molecule has 1 N–H and O–H groups in total. The van der Waals surface area contributed by atoms with E-state index in [9.17, 15) is 9.59 Å². The molecule has 2 saturated heterocycles. The fourth-order valence-electron chi connectivity index (χ4n) is 3.56. The van der Waals surface area contributed by atoms with E-state index < -0.39 is 0 Å². The summed E-state index contributed by atoms with van der Waals surface area (Å²) in [6, 6.07) is 7.94. The Labute approximate surface area is 154 Å². The normalized spacial score (nSPS) is 21.1. The Morgan fingerprint density at radius 1 is 1.24 bits per heavy atom. The highest BCUT2D eigenvalue weighted by molar-refractivity contribution is 7.98. The van der Waals surface area contributed by atoms with Crippen LogP contribution in [0.2, 0.25) is 0 Å². The Balaban J connectivity index is 1.45. The maximum atomic E-state index is 12.4. The molecule has 1 aromatic rings. The third-order valence-corrected chi connectivity index (χ3v) is 5.77. The van der Waals surface area contributed by atoms with Gasteiger partial charge in [-0.2, -0.15) is 0 Å². The molecule has 0 aromatic heterocycles. The zero-order valence-electron chi connectivity index (χ0n) is 14.9. The van der Waals surface area contributed by atoms with E-state index in [4.69, 9.17) is 0 Å². The molecular weight excluding hydrogens is 334 g/mol. The number of amides is 2. The average Bonchev–Trinajstić information content (AvgIpc) is 3.28. The molecule has 0 radical (unpaired) electrons. The minimum Gasteiger partial charge on any atom is -0.356 e. The molecule has 0 aliphatic carbocycles. The van der Waals surface area contributed by atoms with Crippen LogP contribution in [-0.4, -0.2) is 55.7 Å². The number of likely N-dealkylation sites (tertiary alicyclic amines) is 1. The predicted octanol–water partition coefficient (Wildman–Crippen LogP) is 2.36. The highest BCUT2D eigenvalue weighted by atomic mass is 32.2. The number of thioether (sulfide) groups is 1. The van der Waals surface area contributed by atoms with E-state index in [-0.39, 0.29) is 17.7 Å². The average molecular weight is 362 g/mol. The third-order valence-electron chi connectivity index (χ3n) is 5.03. The lowest BCUT2D eigenvalue weighted by Gasteiger charge is -2.17. The highest BCUT2D eigenvalue weighted by Gasteiger charge is 2.34. The molecule has 5 nitrogen and oxygen atoms in total. The fourth-order valence-corrected chi connectivity index (χ4v) is 3.97. The van der Waals surface area contributed by atoms with Gasteiger partial charge in [0.2, 0.25) is 11.8 Å². The van der Waals surface area contributed by atoms with Crippen molar-refractivity contribution in [3.63, 3.8) is 0 Å². The van der Waals surface area contributed by atoms with Crippen molar-refractivity contribution in [2.75, 3.05) is 43.9 Å². The fraction of sp³-hybridized carbons (Fsp3) is 0.579. The SMILES string of the molecule is CSc1ccc(N2CC(C(=O)NCCCN3CCCC3)CC2=O)cc1. The number of benzene rings is 1. The van der Waals surface area contributed by atoms with Gasteiger partial charge in [0.1, 0.15) is 0 Å². The Morgan fingerprint density at radius 2 is 1.96 bits per heavy atom. The number of hydrogen-bond donors (Lipinski definition) is 1. The second-order valence-electron chi connectivity index (χ2n) is 6.80. The number of carbonyl (C=O) groups excluding carboxylic acids is 2. The molecule has 0 spiro atoms. The van der Waals surface area contributed by atoms with Crippen molar-refractivity contribution in [1.82, 2.24) is 10.2 Å². The standard InChI is InChI=1S/C19H27N3O2S/c1-25-17-7-5-16(6-8-17)22-14-15(13-18(22)23)19(24)20-9-4-12-21-10-2-3-11-21/h5-8,15H,2-4,9-14H2,1H3,(H,20,24). The van der Waals surface area contributed by atoms with Crippen LogP contribution in [0.4, 0.5) is 5.69 Å². The number of carbonyl (C=O) groups is 2. The number of hydrogen-bond acceptors (Lipinski definition) is 4. The second-order valence-corrected chi connectivity index (χ2v) is 7.68. The second kappa shape index (κ2) is 8.72. The van der Waals surface area contributed by atoms with Crippen LogP contribution in [-0.2, 0) is 9.59 Å². The minimum atomic E-state index is -0.237. The molecular formula is C19H27N3O2S. The molecule has 2 aliphatic rings. The van der Waals surface area contributed by atoms with Crippen molar-refractivity contribution < 1.29 is 9.59 Å². The summed E-state index contributed by atoms with van der Waals surface area (Å²) in [5.74, 6) is -0.188. The van der Waals surface area contributed by atoms with E-state index in [2.05, 4.69) is 10.2 Å². The van der Waals surface area contributed by atoms with Crippen LogP contribution in [0.1, 0.15) is 25.7 Å². The molecule has 1 unspecified atom stereocenters. The lowest BCUT2D eigenvalue weighted by Crippen LogP contribution is -2.34. The van der Waals surface area contributed by atoms with Crippen LogP contribution < -0.4 is 10.2 Å². The Morgan fingerprint density at radius 3 is 2.64 bits per heavy atom. The zero-order valence-corrected chi connectivity index (χ0v) is 15.7. The van der Waals surface area contributed by atoms with Gasteiger partial charge in [0.15, 0.2) is 0 Å². The number of nitrogens with one attached hydrogen (secondary N) is 1. The van der Waals surface area contributed by atoms with Gasteiger partial charge >= 0.3 is 0 Å². The van der Waals surface area contributed by atoms with Gasteiger partial charge in [0.05, 0.1) is 5.92 Å². The number of anilines is 1. The van der Waals surface area contributed by atoms with Crippen LogP contribution in [0.5, 0.6) is 0 Å². The molecule has 2 aliphatic heterocycles. The Kier molecular flexibility index (Phi) is 6.37.